The van der Waals surface area contributed by atoms with Gasteiger partial charge in [0.05, 0.1) is 12.8 Å². The van der Waals surface area contributed by atoms with Crippen LogP contribution in [0.25, 0.3) is 0 Å². The molecule has 1 aliphatic rings. The van der Waals surface area contributed by atoms with E-state index in [2.05, 4.69) is 31.8 Å². The molecule has 1 aliphatic heterocycles. The summed E-state index contributed by atoms with van der Waals surface area (Å²) in [5.41, 5.74) is 3.00. The lowest BCUT2D eigenvalue weighted by molar-refractivity contribution is -0.129. The summed E-state index contributed by atoms with van der Waals surface area (Å²) in [4.78, 5) is 23.0. The SMILES string of the molecule is COCCNC(=O)CC(=O)NN=Cc1cc2c(cc1Br)OCO2. The molecular formula is C14H16BrN3O5. The maximum absolute atomic E-state index is 11.6. The molecule has 0 bridgehead atoms. The number of carbonyl (C=O) groups is 2. The Morgan fingerprint density at radius 3 is 2.83 bits per heavy atom. The van der Waals surface area contributed by atoms with Crippen LogP contribution in [0.3, 0.4) is 0 Å². The highest BCUT2D eigenvalue weighted by Gasteiger charge is 2.15. The van der Waals surface area contributed by atoms with E-state index < -0.39 is 5.91 Å². The molecule has 0 radical (unpaired) electrons. The quantitative estimate of drug-likeness (QED) is 0.312. The first kappa shape index (κ1) is 17.2. The number of methoxy groups -OCH3 is 1. The van der Waals surface area contributed by atoms with Gasteiger partial charge in [-0.05, 0) is 28.1 Å². The van der Waals surface area contributed by atoms with Crippen LogP contribution in [0.2, 0.25) is 0 Å². The zero-order valence-corrected chi connectivity index (χ0v) is 14.0. The molecule has 2 rings (SSSR count). The summed E-state index contributed by atoms with van der Waals surface area (Å²) in [7, 11) is 1.53. The number of nitrogens with zero attached hydrogens (tertiary/aromatic N) is 1. The van der Waals surface area contributed by atoms with E-state index in [4.69, 9.17) is 14.2 Å². The van der Waals surface area contributed by atoms with Crippen molar-refractivity contribution in [3.05, 3.63) is 22.2 Å². The third-order valence-corrected chi connectivity index (χ3v) is 3.52. The van der Waals surface area contributed by atoms with Gasteiger partial charge in [0, 0.05) is 23.7 Å². The van der Waals surface area contributed by atoms with Crippen molar-refractivity contribution in [1.82, 2.24) is 10.7 Å². The van der Waals surface area contributed by atoms with E-state index in [1.165, 1.54) is 13.3 Å². The minimum absolute atomic E-state index is 0.178. The molecule has 8 nitrogen and oxygen atoms in total. The van der Waals surface area contributed by atoms with E-state index in [0.717, 1.165) is 4.47 Å². The highest BCUT2D eigenvalue weighted by atomic mass is 79.9. The number of rotatable bonds is 7. The monoisotopic (exact) mass is 385 g/mol. The zero-order chi connectivity index (χ0) is 16.7. The number of hydrazone groups is 1. The number of hydrogen-bond donors (Lipinski definition) is 2. The molecule has 0 unspecified atom stereocenters. The third-order valence-electron chi connectivity index (χ3n) is 2.83. The average Bonchev–Trinajstić information content (AvgIpc) is 2.94. The molecule has 2 N–H and O–H groups in total. The molecule has 0 aromatic heterocycles. The number of ether oxygens (including phenoxy) is 3. The molecule has 124 valence electrons. The second kappa shape index (κ2) is 8.49. The van der Waals surface area contributed by atoms with E-state index in [1.807, 2.05) is 0 Å². The number of amides is 2. The highest BCUT2D eigenvalue weighted by Crippen LogP contribution is 2.36. The van der Waals surface area contributed by atoms with Crippen molar-refractivity contribution in [3.8, 4) is 11.5 Å². The summed E-state index contributed by atoms with van der Waals surface area (Å²) in [6.45, 7) is 0.928. The van der Waals surface area contributed by atoms with Gasteiger partial charge in [-0.25, -0.2) is 5.43 Å². The second-order valence-electron chi connectivity index (χ2n) is 4.54. The largest absolute Gasteiger partial charge is 0.454 e. The molecule has 2 amide bonds. The predicted molar refractivity (Wildman–Crippen MR) is 85.5 cm³/mol. The fourth-order valence-corrected chi connectivity index (χ4v) is 2.17. The predicted octanol–water partition coefficient (Wildman–Crippen LogP) is 0.781. The molecule has 1 aromatic rings. The first-order valence-corrected chi connectivity index (χ1v) is 7.56. The number of benzene rings is 1. The van der Waals surface area contributed by atoms with Gasteiger partial charge in [0.25, 0.3) is 0 Å². The third kappa shape index (κ3) is 5.22. The molecule has 0 aliphatic carbocycles. The molecule has 0 saturated carbocycles. The van der Waals surface area contributed by atoms with E-state index >= 15 is 0 Å². The lowest BCUT2D eigenvalue weighted by atomic mass is 10.2. The van der Waals surface area contributed by atoms with Gasteiger partial charge < -0.3 is 19.5 Å². The Hall–Kier alpha value is -2.13. The van der Waals surface area contributed by atoms with Crippen LogP contribution in [-0.4, -0.2) is 45.1 Å². The average molecular weight is 386 g/mol. The number of nitrogens with one attached hydrogen (secondary N) is 2. The lowest BCUT2D eigenvalue weighted by Crippen LogP contribution is -2.31. The molecule has 0 saturated heterocycles. The summed E-state index contributed by atoms with van der Waals surface area (Å²) in [6, 6.07) is 3.49. The molecule has 0 spiro atoms. The van der Waals surface area contributed by atoms with E-state index in [9.17, 15) is 9.59 Å². The first-order valence-electron chi connectivity index (χ1n) is 6.77. The van der Waals surface area contributed by atoms with Crippen LogP contribution in [0.5, 0.6) is 11.5 Å². The van der Waals surface area contributed by atoms with Crippen molar-refractivity contribution >= 4 is 34.0 Å². The molecule has 23 heavy (non-hydrogen) atoms. The van der Waals surface area contributed by atoms with Gasteiger partial charge in [-0.1, -0.05) is 0 Å². The van der Waals surface area contributed by atoms with Gasteiger partial charge >= 0.3 is 0 Å². The summed E-state index contributed by atoms with van der Waals surface area (Å²) < 4.78 is 16.0. The Labute approximate surface area is 141 Å². The van der Waals surface area contributed by atoms with Gasteiger partial charge in [-0.15, -0.1) is 0 Å². The van der Waals surface area contributed by atoms with Gasteiger partial charge in [-0.3, -0.25) is 9.59 Å². The fourth-order valence-electron chi connectivity index (χ4n) is 1.75. The maximum atomic E-state index is 11.6. The standard InChI is InChI=1S/C14H16BrN3O5/c1-21-3-2-16-13(19)6-14(20)18-17-7-9-4-11-12(5-10(9)15)23-8-22-11/h4-5,7H,2-3,6,8H2,1H3,(H,16,19)(H,18,20). The number of hydrogen-bond acceptors (Lipinski definition) is 6. The Bertz CT molecular complexity index is 621. The maximum Gasteiger partial charge on any atom is 0.249 e. The minimum Gasteiger partial charge on any atom is -0.454 e. The Balaban J connectivity index is 1.82. The summed E-state index contributed by atoms with van der Waals surface area (Å²) in [6.07, 6.45) is 1.15. The van der Waals surface area contributed by atoms with Crippen molar-refractivity contribution in [2.24, 2.45) is 5.10 Å². The van der Waals surface area contributed by atoms with Crippen LogP contribution in [-0.2, 0) is 14.3 Å². The van der Waals surface area contributed by atoms with Crippen molar-refractivity contribution < 1.29 is 23.8 Å². The molecule has 1 heterocycles. The van der Waals surface area contributed by atoms with Crippen molar-refractivity contribution in [3.63, 3.8) is 0 Å². The molecule has 0 fully saturated rings. The van der Waals surface area contributed by atoms with Crippen LogP contribution in [0, 0.1) is 0 Å². The topological polar surface area (TPSA) is 98.2 Å². The number of carbonyl (C=O) groups excluding carboxylic acids is 2. The van der Waals surface area contributed by atoms with Crippen LogP contribution < -0.4 is 20.2 Å². The van der Waals surface area contributed by atoms with E-state index in [-0.39, 0.29) is 19.1 Å². The minimum atomic E-state index is -0.506. The Morgan fingerprint density at radius 1 is 1.35 bits per heavy atom. The highest BCUT2D eigenvalue weighted by molar-refractivity contribution is 9.10. The van der Waals surface area contributed by atoms with Crippen molar-refractivity contribution in [1.29, 1.82) is 0 Å². The normalized spacial score (nSPS) is 12.4. The van der Waals surface area contributed by atoms with Crippen molar-refractivity contribution in [2.45, 2.75) is 6.42 Å². The Kier molecular flexibility index (Phi) is 6.36. The summed E-state index contributed by atoms with van der Waals surface area (Å²) in [5, 5.41) is 6.37. The fraction of sp³-hybridized carbons (Fsp3) is 0.357. The number of fused-ring (bicyclic) bond motifs is 1. The second-order valence-corrected chi connectivity index (χ2v) is 5.39. The van der Waals surface area contributed by atoms with Crippen LogP contribution in [0.1, 0.15) is 12.0 Å². The molecule has 0 atom stereocenters. The smallest absolute Gasteiger partial charge is 0.249 e. The van der Waals surface area contributed by atoms with Crippen LogP contribution in [0.15, 0.2) is 21.7 Å². The first-order chi connectivity index (χ1) is 11.1. The van der Waals surface area contributed by atoms with Gasteiger partial charge in [0.1, 0.15) is 6.42 Å². The van der Waals surface area contributed by atoms with E-state index in [1.54, 1.807) is 12.1 Å². The molecule has 9 heteroatoms. The van der Waals surface area contributed by atoms with Gasteiger partial charge in [0.15, 0.2) is 11.5 Å². The van der Waals surface area contributed by atoms with Crippen LogP contribution in [0.4, 0.5) is 0 Å². The van der Waals surface area contributed by atoms with Gasteiger partial charge in [0.2, 0.25) is 18.6 Å². The number of halogens is 1. The lowest BCUT2D eigenvalue weighted by Gasteiger charge is -2.04. The van der Waals surface area contributed by atoms with Gasteiger partial charge in [-0.2, -0.15) is 5.10 Å². The molecule has 1 aromatic carbocycles. The molecular weight excluding hydrogens is 370 g/mol. The van der Waals surface area contributed by atoms with E-state index in [0.29, 0.717) is 30.2 Å². The van der Waals surface area contributed by atoms with Crippen molar-refractivity contribution in [2.75, 3.05) is 27.1 Å². The summed E-state index contributed by atoms with van der Waals surface area (Å²) >= 11 is 3.38. The summed E-state index contributed by atoms with van der Waals surface area (Å²) in [5.74, 6) is 0.358. The Morgan fingerprint density at radius 2 is 2.09 bits per heavy atom. The zero-order valence-electron chi connectivity index (χ0n) is 12.4. The van der Waals surface area contributed by atoms with Crippen LogP contribution >= 0.6 is 15.9 Å².